The fraction of sp³-hybridized carbons (Fsp3) is 0. The fourth-order valence-electron chi connectivity index (χ4n) is 2.18. The van der Waals surface area contributed by atoms with Crippen molar-refractivity contribution in [1.29, 1.82) is 0 Å². The van der Waals surface area contributed by atoms with Crippen LogP contribution in [0.5, 0.6) is 5.88 Å². The highest BCUT2D eigenvalue weighted by atomic mass is 35.5. The van der Waals surface area contributed by atoms with E-state index in [0.29, 0.717) is 27.2 Å². The lowest BCUT2D eigenvalue weighted by Crippen LogP contribution is -2.11. The maximum atomic E-state index is 11.4. The van der Waals surface area contributed by atoms with Crippen LogP contribution in [0.2, 0.25) is 5.02 Å². The van der Waals surface area contributed by atoms with Crippen molar-refractivity contribution < 1.29 is 13.5 Å². The zero-order valence-electron chi connectivity index (χ0n) is 11.7. The summed E-state index contributed by atoms with van der Waals surface area (Å²) in [5.74, 6) is -0.0476. The largest absolute Gasteiger partial charge is 0.494 e. The summed E-state index contributed by atoms with van der Waals surface area (Å²) in [7, 11) is -3.79. The van der Waals surface area contributed by atoms with Gasteiger partial charge in [-0.25, -0.2) is 13.6 Å². The maximum absolute atomic E-state index is 11.4. The van der Waals surface area contributed by atoms with Crippen LogP contribution < -0.4 is 5.14 Å². The number of rotatable bonds is 3. The molecule has 1 aromatic heterocycles. The van der Waals surface area contributed by atoms with Crippen LogP contribution in [0.15, 0.2) is 52.4 Å². The quantitative estimate of drug-likeness (QED) is 0.632. The van der Waals surface area contributed by atoms with Gasteiger partial charge in [-0.2, -0.15) is 0 Å². The van der Waals surface area contributed by atoms with Gasteiger partial charge >= 0.3 is 0 Å². The van der Waals surface area contributed by atoms with Gasteiger partial charge in [0, 0.05) is 22.1 Å². The number of aromatic amines is 1. The highest BCUT2D eigenvalue weighted by molar-refractivity contribution is 7.89. The smallest absolute Gasteiger partial charge is 0.238 e. The average molecular weight is 350 g/mol. The molecule has 1 heterocycles. The summed E-state index contributed by atoms with van der Waals surface area (Å²) in [5.41, 5.74) is 1.57. The van der Waals surface area contributed by atoms with Crippen LogP contribution in [0.1, 0.15) is 5.56 Å². The Labute approximate surface area is 137 Å². The van der Waals surface area contributed by atoms with Crippen LogP contribution in [0.4, 0.5) is 5.69 Å². The Balaban J connectivity index is 2.04. The van der Waals surface area contributed by atoms with E-state index in [1.165, 1.54) is 18.3 Å². The van der Waals surface area contributed by atoms with Crippen LogP contribution in [0, 0.1) is 0 Å². The first-order valence-electron chi connectivity index (χ1n) is 6.52. The first-order valence-corrected chi connectivity index (χ1v) is 8.44. The number of sulfonamides is 1. The van der Waals surface area contributed by atoms with Crippen LogP contribution in [-0.4, -0.2) is 24.7 Å². The summed E-state index contributed by atoms with van der Waals surface area (Å²) in [6, 6.07) is 11.1. The van der Waals surface area contributed by atoms with Gasteiger partial charge in [0.2, 0.25) is 10.0 Å². The Morgan fingerprint density at radius 2 is 2.00 bits per heavy atom. The summed E-state index contributed by atoms with van der Waals surface area (Å²) < 4.78 is 22.7. The fourth-order valence-corrected chi connectivity index (χ4v) is 2.91. The second kappa shape index (κ2) is 5.69. The van der Waals surface area contributed by atoms with Crippen molar-refractivity contribution in [3.63, 3.8) is 0 Å². The molecule has 0 aliphatic heterocycles. The molecule has 4 N–H and O–H groups in total. The minimum absolute atomic E-state index is 0.0293. The van der Waals surface area contributed by atoms with Gasteiger partial charge in [0.05, 0.1) is 16.1 Å². The highest BCUT2D eigenvalue weighted by Crippen LogP contribution is 2.28. The van der Waals surface area contributed by atoms with Gasteiger partial charge in [-0.05, 0) is 36.4 Å². The van der Waals surface area contributed by atoms with Crippen LogP contribution in [0.3, 0.4) is 0 Å². The first-order chi connectivity index (χ1) is 10.8. The number of primary sulfonamides is 1. The van der Waals surface area contributed by atoms with E-state index >= 15 is 0 Å². The molecule has 6 nitrogen and oxygen atoms in total. The Morgan fingerprint density at radius 3 is 2.74 bits per heavy atom. The third-order valence-corrected chi connectivity index (χ3v) is 4.41. The summed E-state index contributed by atoms with van der Waals surface area (Å²) in [6.45, 7) is 0. The van der Waals surface area contributed by atoms with E-state index in [1.54, 1.807) is 30.3 Å². The van der Waals surface area contributed by atoms with Crippen molar-refractivity contribution in [3.8, 4) is 5.88 Å². The van der Waals surface area contributed by atoms with Gasteiger partial charge < -0.3 is 10.1 Å². The van der Waals surface area contributed by atoms with Crippen molar-refractivity contribution in [3.05, 3.63) is 53.1 Å². The Kier molecular flexibility index (Phi) is 3.85. The van der Waals surface area contributed by atoms with Gasteiger partial charge in [0.15, 0.2) is 5.88 Å². The monoisotopic (exact) mass is 349 g/mol. The minimum Gasteiger partial charge on any atom is -0.494 e. The number of halogens is 1. The number of aliphatic imine (C=N–C) groups is 1. The lowest BCUT2D eigenvalue weighted by molar-refractivity contribution is 0.457. The van der Waals surface area contributed by atoms with Crippen molar-refractivity contribution in [2.75, 3.05) is 0 Å². The van der Waals surface area contributed by atoms with Gasteiger partial charge in [-0.1, -0.05) is 17.7 Å². The molecule has 3 rings (SSSR count). The predicted octanol–water partition coefficient (Wildman–Crippen LogP) is 2.92. The normalized spacial score (nSPS) is 12.3. The number of nitrogens with two attached hydrogens (primary N) is 1. The van der Waals surface area contributed by atoms with E-state index in [0.717, 1.165) is 0 Å². The molecule has 0 spiro atoms. The lowest BCUT2D eigenvalue weighted by atomic mass is 10.2. The number of nitrogens with zero attached hydrogens (tertiary/aromatic N) is 1. The van der Waals surface area contributed by atoms with Gasteiger partial charge in [-0.15, -0.1) is 0 Å². The molecule has 0 saturated carbocycles. The first kappa shape index (κ1) is 15.5. The molecular weight excluding hydrogens is 338 g/mol. The van der Waals surface area contributed by atoms with Gasteiger partial charge in [-0.3, -0.25) is 4.99 Å². The average Bonchev–Trinajstić information content (AvgIpc) is 2.79. The van der Waals surface area contributed by atoms with Crippen molar-refractivity contribution in [1.82, 2.24) is 4.98 Å². The Hall–Kier alpha value is -2.35. The Bertz CT molecular complexity index is 1030. The zero-order valence-corrected chi connectivity index (χ0v) is 13.3. The molecule has 118 valence electrons. The minimum atomic E-state index is -3.79. The van der Waals surface area contributed by atoms with E-state index < -0.39 is 10.0 Å². The molecule has 0 unspecified atom stereocenters. The SMILES string of the molecule is NS(=O)(=O)c1cccc(N=Cc2c(O)[nH]c3ccc(Cl)cc23)c1. The summed E-state index contributed by atoms with van der Waals surface area (Å²) in [6.07, 6.45) is 1.44. The molecule has 0 aliphatic rings. The van der Waals surface area contributed by atoms with E-state index in [2.05, 4.69) is 9.98 Å². The Morgan fingerprint density at radius 1 is 1.22 bits per heavy atom. The number of hydrogen-bond donors (Lipinski definition) is 3. The second-order valence-electron chi connectivity index (χ2n) is 4.88. The third-order valence-electron chi connectivity index (χ3n) is 3.27. The second-order valence-corrected chi connectivity index (χ2v) is 6.88. The lowest BCUT2D eigenvalue weighted by Gasteiger charge is -1.99. The number of nitrogens with one attached hydrogen (secondary N) is 1. The number of hydrogen-bond acceptors (Lipinski definition) is 4. The zero-order chi connectivity index (χ0) is 16.6. The number of H-pyrrole nitrogens is 1. The van der Waals surface area contributed by atoms with Crippen molar-refractivity contribution >= 4 is 44.4 Å². The number of benzene rings is 2. The molecule has 0 amide bonds. The molecule has 0 saturated heterocycles. The van der Waals surface area contributed by atoms with E-state index in [1.807, 2.05) is 0 Å². The highest BCUT2D eigenvalue weighted by Gasteiger charge is 2.10. The van der Waals surface area contributed by atoms with Crippen LogP contribution in [-0.2, 0) is 10.0 Å². The molecule has 0 bridgehead atoms. The van der Waals surface area contributed by atoms with E-state index in [9.17, 15) is 13.5 Å². The predicted molar refractivity (Wildman–Crippen MR) is 90.0 cm³/mol. The molecule has 0 radical (unpaired) electrons. The molecule has 2 aromatic carbocycles. The molecule has 3 aromatic rings. The van der Waals surface area contributed by atoms with Crippen LogP contribution in [0.25, 0.3) is 10.9 Å². The number of fused-ring (bicyclic) bond motifs is 1. The molecule has 0 fully saturated rings. The molecule has 0 aliphatic carbocycles. The molecular formula is C15H12ClN3O3S. The summed E-state index contributed by atoms with van der Waals surface area (Å²) in [5, 5.41) is 16.3. The van der Waals surface area contributed by atoms with Crippen LogP contribution >= 0.6 is 11.6 Å². The number of aromatic nitrogens is 1. The van der Waals surface area contributed by atoms with E-state index in [-0.39, 0.29) is 10.8 Å². The van der Waals surface area contributed by atoms with Gasteiger partial charge in [0.1, 0.15) is 0 Å². The van der Waals surface area contributed by atoms with Crippen molar-refractivity contribution in [2.45, 2.75) is 4.90 Å². The molecule has 23 heavy (non-hydrogen) atoms. The molecule has 0 atom stereocenters. The van der Waals surface area contributed by atoms with E-state index in [4.69, 9.17) is 16.7 Å². The van der Waals surface area contributed by atoms with Crippen molar-refractivity contribution in [2.24, 2.45) is 10.1 Å². The summed E-state index contributed by atoms with van der Waals surface area (Å²) >= 11 is 5.97. The standard InChI is InChI=1S/C15H12ClN3O3S/c16-9-4-5-14-12(6-9)13(15(20)19-14)8-18-10-2-1-3-11(7-10)23(17,21)22/h1-8,19-20H,(H2,17,21,22). The summed E-state index contributed by atoms with van der Waals surface area (Å²) in [4.78, 5) is 6.98. The van der Waals surface area contributed by atoms with Gasteiger partial charge in [0.25, 0.3) is 0 Å². The maximum Gasteiger partial charge on any atom is 0.238 e. The topological polar surface area (TPSA) is 109 Å². The number of aromatic hydroxyl groups is 1. The third kappa shape index (κ3) is 3.21. The molecule has 8 heteroatoms.